The van der Waals surface area contributed by atoms with Gasteiger partial charge in [-0.1, -0.05) is 6.07 Å². The number of nitrogens with zero attached hydrogens (tertiary/aromatic N) is 2. The van der Waals surface area contributed by atoms with Crippen LogP contribution in [0.1, 0.15) is 11.1 Å². The van der Waals surface area contributed by atoms with E-state index in [0.29, 0.717) is 10.9 Å². The van der Waals surface area contributed by atoms with Crippen molar-refractivity contribution in [2.24, 2.45) is 0 Å². The molecule has 5 nitrogen and oxygen atoms in total. The average Bonchev–Trinajstić information content (AvgIpc) is 2.91. The number of halogens is 3. The molecule has 0 aliphatic rings. The Bertz CT molecular complexity index is 905. The molecule has 0 amide bonds. The first-order valence-corrected chi connectivity index (χ1v) is 7.23. The van der Waals surface area contributed by atoms with E-state index >= 15 is 0 Å². The highest BCUT2D eigenvalue weighted by atomic mass is 19.4. The molecule has 0 saturated carbocycles. The third kappa shape index (κ3) is 3.57. The van der Waals surface area contributed by atoms with Crippen molar-refractivity contribution in [2.75, 3.05) is 7.11 Å². The zero-order valence-electron chi connectivity index (χ0n) is 13.1. The Hall–Kier alpha value is -3.03. The zero-order chi connectivity index (χ0) is 18.0. The number of rotatable bonds is 3. The Morgan fingerprint density at radius 3 is 2.52 bits per heavy atom. The second-order valence-electron chi connectivity index (χ2n) is 5.25. The van der Waals surface area contributed by atoms with E-state index < -0.39 is 17.9 Å². The van der Waals surface area contributed by atoms with E-state index in [0.717, 1.165) is 24.8 Å². The first kappa shape index (κ1) is 16.8. The van der Waals surface area contributed by atoms with Crippen LogP contribution in [0.3, 0.4) is 0 Å². The Morgan fingerprint density at radius 2 is 1.88 bits per heavy atom. The molecule has 8 heteroatoms. The number of aromatic nitrogens is 2. The largest absolute Gasteiger partial charge is 0.514 e. The summed E-state index contributed by atoms with van der Waals surface area (Å²) in [6, 6.07) is 8.30. The molecule has 0 atom stereocenters. The van der Waals surface area contributed by atoms with E-state index in [1.807, 2.05) is 0 Å². The maximum absolute atomic E-state index is 13.0. The molecule has 0 N–H and O–H groups in total. The van der Waals surface area contributed by atoms with Gasteiger partial charge < -0.3 is 14.0 Å². The second kappa shape index (κ2) is 6.46. The van der Waals surface area contributed by atoms with Crippen LogP contribution >= 0.6 is 0 Å². The maximum Gasteiger partial charge on any atom is 0.514 e. The smallest absolute Gasteiger partial charge is 0.437 e. The molecule has 0 bridgehead atoms. The van der Waals surface area contributed by atoms with Crippen LogP contribution in [-0.2, 0) is 17.5 Å². The van der Waals surface area contributed by atoms with Gasteiger partial charge >= 0.3 is 12.3 Å². The fourth-order valence-corrected chi connectivity index (χ4v) is 2.45. The third-order valence-electron chi connectivity index (χ3n) is 3.64. The summed E-state index contributed by atoms with van der Waals surface area (Å²) in [6.07, 6.45) is -2.27. The van der Waals surface area contributed by atoms with Gasteiger partial charge in [0.25, 0.3) is 0 Å². The topological polar surface area (TPSA) is 53.4 Å². The summed E-state index contributed by atoms with van der Waals surface area (Å²) in [5, 5.41) is 0.515. The fourth-order valence-electron chi connectivity index (χ4n) is 2.45. The van der Waals surface area contributed by atoms with E-state index in [1.165, 1.54) is 16.7 Å². The monoisotopic (exact) mass is 350 g/mol. The molecule has 2 heterocycles. The fraction of sp³-hybridized carbons (Fsp3) is 0.176. The van der Waals surface area contributed by atoms with Gasteiger partial charge in [0.05, 0.1) is 24.7 Å². The number of alkyl halides is 3. The molecule has 2 aromatic heterocycles. The number of fused-ring (bicyclic) bond motifs is 1. The maximum atomic E-state index is 13.0. The number of carbonyl (C=O) groups is 1. The Balaban J connectivity index is 2.13. The van der Waals surface area contributed by atoms with Crippen molar-refractivity contribution >= 4 is 17.1 Å². The van der Waals surface area contributed by atoms with Gasteiger partial charge in [-0.25, -0.2) is 4.79 Å². The first-order chi connectivity index (χ1) is 11.9. The summed E-state index contributed by atoms with van der Waals surface area (Å²) < 4.78 is 50.1. The quantitative estimate of drug-likeness (QED) is 0.663. The van der Waals surface area contributed by atoms with Crippen LogP contribution in [0.15, 0.2) is 48.8 Å². The number of pyridine rings is 1. The Morgan fingerprint density at radius 1 is 1.16 bits per heavy atom. The molecule has 130 valence electrons. The SMILES string of the molecule is COC(=O)Oc1cc2ccc(C(F)(F)F)cc2n1Cc1ccncc1. The average molecular weight is 350 g/mol. The van der Waals surface area contributed by atoms with Crippen molar-refractivity contribution in [3.63, 3.8) is 0 Å². The molecule has 0 spiro atoms. The van der Waals surface area contributed by atoms with Crippen LogP contribution in [0.4, 0.5) is 18.0 Å². The summed E-state index contributed by atoms with van der Waals surface area (Å²) in [6.45, 7) is 0.208. The van der Waals surface area contributed by atoms with Crippen molar-refractivity contribution in [1.82, 2.24) is 9.55 Å². The molecule has 0 aliphatic heterocycles. The molecule has 0 radical (unpaired) electrons. The van der Waals surface area contributed by atoms with Gasteiger partial charge in [0, 0.05) is 23.8 Å². The van der Waals surface area contributed by atoms with Crippen LogP contribution in [0.2, 0.25) is 0 Å². The minimum atomic E-state index is -4.47. The lowest BCUT2D eigenvalue weighted by atomic mass is 10.1. The minimum Gasteiger partial charge on any atom is -0.437 e. The van der Waals surface area contributed by atoms with Gasteiger partial charge in [0.1, 0.15) is 0 Å². The van der Waals surface area contributed by atoms with Gasteiger partial charge in [-0.2, -0.15) is 13.2 Å². The van der Waals surface area contributed by atoms with Crippen LogP contribution in [0.25, 0.3) is 10.9 Å². The van der Waals surface area contributed by atoms with Crippen molar-refractivity contribution < 1.29 is 27.4 Å². The van der Waals surface area contributed by atoms with Crippen LogP contribution < -0.4 is 4.74 Å². The van der Waals surface area contributed by atoms with Gasteiger partial charge in [-0.15, -0.1) is 0 Å². The molecule has 3 rings (SSSR count). The minimum absolute atomic E-state index is 0.0954. The van der Waals surface area contributed by atoms with E-state index in [9.17, 15) is 18.0 Å². The molecule has 3 aromatic rings. The van der Waals surface area contributed by atoms with E-state index in [1.54, 1.807) is 24.5 Å². The van der Waals surface area contributed by atoms with Gasteiger partial charge in [-0.3, -0.25) is 4.98 Å². The summed E-state index contributed by atoms with van der Waals surface area (Å²) in [4.78, 5) is 15.3. The number of benzene rings is 1. The lowest BCUT2D eigenvalue weighted by Crippen LogP contribution is -2.12. The molecule has 0 aliphatic carbocycles. The summed E-state index contributed by atoms with van der Waals surface area (Å²) in [5.74, 6) is 0.0954. The van der Waals surface area contributed by atoms with Crippen molar-refractivity contribution in [2.45, 2.75) is 12.7 Å². The first-order valence-electron chi connectivity index (χ1n) is 7.23. The summed E-state index contributed by atoms with van der Waals surface area (Å²) in [5.41, 5.74) is 0.309. The van der Waals surface area contributed by atoms with Crippen molar-refractivity contribution in [3.8, 4) is 5.88 Å². The van der Waals surface area contributed by atoms with Gasteiger partial charge in [0.15, 0.2) is 0 Å². The molecule has 0 saturated heterocycles. The lowest BCUT2D eigenvalue weighted by molar-refractivity contribution is -0.137. The van der Waals surface area contributed by atoms with E-state index in [-0.39, 0.29) is 12.4 Å². The number of hydrogen-bond acceptors (Lipinski definition) is 4. The highest BCUT2D eigenvalue weighted by Crippen LogP contribution is 2.34. The molecule has 0 fully saturated rings. The molecule has 0 unspecified atom stereocenters. The normalized spacial score (nSPS) is 11.5. The van der Waals surface area contributed by atoms with Gasteiger partial charge in [-0.05, 0) is 29.8 Å². The number of carbonyl (C=O) groups excluding carboxylic acids is 1. The number of methoxy groups -OCH3 is 1. The second-order valence-corrected chi connectivity index (χ2v) is 5.25. The lowest BCUT2D eigenvalue weighted by Gasteiger charge is -2.12. The number of hydrogen-bond donors (Lipinski definition) is 0. The van der Waals surface area contributed by atoms with Crippen LogP contribution in [0, 0.1) is 0 Å². The zero-order valence-corrected chi connectivity index (χ0v) is 13.1. The predicted molar refractivity (Wildman–Crippen MR) is 83.3 cm³/mol. The molecule has 25 heavy (non-hydrogen) atoms. The van der Waals surface area contributed by atoms with Crippen LogP contribution in [0.5, 0.6) is 5.88 Å². The van der Waals surface area contributed by atoms with Crippen molar-refractivity contribution in [1.29, 1.82) is 0 Å². The van der Waals surface area contributed by atoms with Gasteiger partial charge in [0.2, 0.25) is 5.88 Å². The highest BCUT2D eigenvalue weighted by Gasteiger charge is 2.31. The predicted octanol–water partition coefficient (Wildman–Crippen LogP) is 4.25. The summed E-state index contributed by atoms with van der Waals surface area (Å²) >= 11 is 0. The van der Waals surface area contributed by atoms with Crippen LogP contribution in [-0.4, -0.2) is 22.8 Å². The molecule has 1 aromatic carbocycles. The van der Waals surface area contributed by atoms with E-state index in [2.05, 4.69) is 9.72 Å². The third-order valence-corrected chi connectivity index (χ3v) is 3.64. The molecular weight excluding hydrogens is 337 g/mol. The number of ether oxygens (including phenoxy) is 2. The van der Waals surface area contributed by atoms with Crippen molar-refractivity contribution in [3.05, 3.63) is 59.9 Å². The Labute approximate surface area is 140 Å². The molecular formula is C17H13F3N2O3. The highest BCUT2D eigenvalue weighted by molar-refractivity contribution is 5.84. The Kier molecular flexibility index (Phi) is 4.35. The van der Waals surface area contributed by atoms with E-state index in [4.69, 9.17) is 4.74 Å². The summed E-state index contributed by atoms with van der Waals surface area (Å²) in [7, 11) is 1.15. The standard InChI is InChI=1S/C17H13F3N2O3/c1-24-16(23)25-15-8-12-2-3-13(17(18,19)20)9-14(12)22(15)10-11-4-6-21-7-5-11/h2-9H,10H2,1H3.